The summed E-state index contributed by atoms with van der Waals surface area (Å²) in [6.45, 7) is 1.82. The highest BCUT2D eigenvalue weighted by Crippen LogP contribution is 2.25. The van der Waals surface area contributed by atoms with Crippen molar-refractivity contribution in [2.24, 2.45) is 5.73 Å². The molecule has 0 saturated heterocycles. The molecule has 1 aliphatic rings. The van der Waals surface area contributed by atoms with E-state index in [1.54, 1.807) is 6.26 Å². The third kappa shape index (κ3) is 4.22. The molecule has 118 valence electrons. The van der Waals surface area contributed by atoms with Gasteiger partial charge in [-0.1, -0.05) is 28.1 Å². The van der Waals surface area contributed by atoms with E-state index in [1.807, 2.05) is 6.07 Å². The molecule has 0 unspecified atom stereocenters. The lowest BCUT2D eigenvalue weighted by Gasteiger charge is -2.35. The van der Waals surface area contributed by atoms with Gasteiger partial charge in [0.2, 0.25) is 0 Å². The van der Waals surface area contributed by atoms with Gasteiger partial charge in [-0.05, 0) is 55.5 Å². The first-order chi connectivity index (χ1) is 10.7. The SMILES string of the molecule is NC1CCC(N(Cc2ccc(Br)cc2)Cc2ccco2)CC1. The van der Waals surface area contributed by atoms with Gasteiger partial charge in [-0.3, -0.25) is 4.90 Å². The van der Waals surface area contributed by atoms with E-state index in [1.165, 1.54) is 18.4 Å². The van der Waals surface area contributed by atoms with Crippen molar-refractivity contribution in [1.29, 1.82) is 0 Å². The number of hydrogen-bond donors (Lipinski definition) is 1. The molecule has 2 N–H and O–H groups in total. The molecule has 0 bridgehead atoms. The lowest BCUT2D eigenvalue weighted by Crippen LogP contribution is -2.40. The summed E-state index contributed by atoms with van der Waals surface area (Å²) in [5.74, 6) is 1.03. The maximum absolute atomic E-state index is 6.06. The van der Waals surface area contributed by atoms with Crippen molar-refractivity contribution in [3.05, 3.63) is 58.5 Å². The molecule has 1 aromatic heterocycles. The Morgan fingerprint density at radius 2 is 1.77 bits per heavy atom. The van der Waals surface area contributed by atoms with Crippen molar-refractivity contribution in [3.63, 3.8) is 0 Å². The lowest BCUT2D eigenvalue weighted by molar-refractivity contribution is 0.125. The minimum absolute atomic E-state index is 0.384. The molecule has 1 aliphatic carbocycles. The summed E-state index contributed by atoms with van der Waals surface area (Å²) in [7, 11) is 0. The van der Waals surface area contributed by atoms with Crippen molar-refractivity contribution in [1.82, 2.24) is 4.90 Å². The zero-order valence-electron chi connectivity index (χ0n) is 12.7. The molecule has 4 heteroatoms. The van der Waals surface area contributed by atoms with Crippen molar-refractivity contribution in [2.75, 3.05) is 0 Å². The first kappa shape index (κ1) is 15.8. The van der Waals surface area contributed by atoms with Crippen LogP contribution < -0.4 is 5.73 Å². The van der Waals surface area contributed by atoms with E-state index in [4.69, 9.17) is 10.2 Å². The molecule has 1 fully saturated rings. The summed E-state index contributed by atoms with van der Waals surface area (Å²) in [5.41, 5.74) is 7.40. The van der Waals surface area contributed by atoms with Gasteiger partial charge in [0.25, 0.3) is 0 Å². The van der Waals surface area contributed by atoms with Gasteiger partial charge in [0.05, 0.1) is 12.8 Å². The monoisotopic (exact) mass is 362 g/mol. The molecule has 1 aromatic carbocycles. The quantitative estimate of drug-likeness (QED) is 0.861. The van der Waals surface area contributed by atoms with Gasteiger partial charge in [0, 0.05) is 23.1 Å². The Morgan fingerprint density at radius 3 is 2.41 bits per heavy atom. The summed E-state index contributed by atoms with van der Waals surface area (Å²) in [4.78, 5) is 2.54. The topological polar surface area (TPSA) is 42.4 Å². The number of hydrogen-bond acceptors (Lipinski definition) is 3. The van der Waals surface area contributed by atoms with Gasteiger partial charge in [-0.15, -0.1) is 0 Å². The third-order valence-electron chi connectivity index (χ3n) is 4.50. The maximum Gasteiger partial charge on any atom is 0.117 e. The second kappa shape index (κ2) is 7.44. The second-order valence-corrected chi connectivity index (χ2v) is 7.10. The van der Waals surface area contributed by atoms with E-state index >= 15 is 0 Å². The fourth-order valence-electron chi connectivity index (χ4n) is 3.21. The van der Waals surface area contributed by atoms with Crippen molar-refractivity contribution >= 4 is 15.9 Å². The van der Waals surface area contributed by atoms with Crippen molar-refractivity contribution in [3.8, 4) is 0 Å². The van der Waals surface area contributed by atoms with Crippen LogP contribution >= 0.6 is 15.9 Å². The van der Waals surface area contributed by atoms with Crippen LogP contribution in [0, 0.1) is 0 Å². The van der Waals surface area contributed by atoms with Crippen LogP contribution in [-0.4, -0.2) is 17.0 Å². The van der Waals surface area contributed by atoms with Crippen LogP contribution in [0.2, 0.25) is 0 Å². The van der Waals surface area contributed by atoms with Gasteiger partial charge in [0.15, 0.2) is 0 Å². The van der Waals surface area contributed by atoms with Gasteiger partial charge in [-0.25, -0.2) is 0 Å². The van der Waals surface area contributed by atoms with E-state index in [0.717, 1.165) is 36.2 Å². The Kier molecular flexibility index (Phi) is 5.34. The number of rotatable bonds is 5. The summed E-state index contributed by atoms with van der Waals surface area (Å²) in [6.07, 6.45) is 6.36. The molecule has 22 heavy (non-hydrogen) atoms. The highest BCUT2D eigenvalue weighted by Gasteiger charge is 2.25. The molecule has 1 heterocycles. The summed E-state index contributed by atoms with van der Waals surface area (Å²) >= 11 is 3.50. The first-order valence-corrected chi connectivity index (χ1v) is 8.76. The van der Waals surface area contributed by atoms with Crippen LogP contribution in [0.25, 0.3) is 0 Å². The molecule has 0 radical (unpaired) electrons. The van der Waals surface area contributed by atoms with Crippen LogP contribution in [-0.2, 0) is 13.1 Å². The average molecular weight is 363 g/mol. The molecular weight excluding hydrogens is 340 g/mol. The molecule has 3 nitrogen and oxygen atoms in total. The number of nitrogens with zero attached hydrogens (tertiary/aromatic N) is 1. The number of halogens is 1. The van der Waals surface area contributed by atoms with Crippen LogP contribution in [0.15, 0.2) is 51.6 Å². The lowest BCUT2D eigenvalue weighted by atomic mass is 9.90. The Balaban J connectivity index is 1.71. The molecular formula is C18H23BrN2O. The van der Waals surface area contributed by atoms with E-state index in [0.29, 0.717) is 12.1 Å². The molecule has 0 aliphatic heterocycles. The zero-order valence-corrected chi connectivity index (χ0v) is 14.3. The number of nitrogens with two attached hydrogens (primary N) is 1. The molecule has 3 rings (SSSR count). The van der Waals surface area contributed by atoms with Crippen LogP contribution in [0.5, 0.6) is 0 Å². The summed E-state index contributed by atoms with van der Waals surface area (Å²) in [5, 5.41) is 0. The highest BCUT2D eigenvalue weighted by molar-refractivity contribution is 9.10. The molecule has 1 saturated carbocycles. The fourth-order valence-corrected chi connectivity index (χ4v) is 3.47. The Labute approximate surface area is 140 Å². The van der Waals surface area contributed by atoms with Gasteiger partial charge < -0.3 is 10.2 Å². The standard InChI is InChI=1S/C18H23BrN2O/c19-15-5-3-14(4-6-15)12-21(13-18-2-1-11-22-18)17-9-7-16(20)8-10-17/h1-6,11,16-17H,7-10,12-13,20H2. The molecule has 0 spiro atoms. The van der Waals surface area contributed by atoms with Gasteiger partial charge in [0.1, 0.15) is 5.76 Å². The third-order valence-corrected chi connectivity index (χ3v) is 5.02. The first-order valence-electron chi connectivity index (χ1n) is 7.97. The summed E-state index contributed by atoms with van der Waals surface area (Å²) in [6, 6.07) is 13.6. The molecule has 0 atom stereocenters. The van der Waals surface area contributed by atoms with E-state index in [9.17, 15) is 0 Å². The predicted molar refractivity (Wildman–Crippen MR) is 92.3 cm³/mol. The Hall–Kier alpha value is -1.10. The second-order valence-electron chi connectivity index (χ2n) is 6.18. The number of furan rings is 1. The van der Waals surface area contributed by atoms with E-state index in [-0.39, 0.29) is 0 Å². The highest BCUT2D eigenvalue weighted by atomic mass is 79.9. The summed E-state index contributed by atoms with van der Waals surface area (Å²) < 4.78 is 6.68. The normalized spacial score (nSPS) is 22.1. The largest absolute Gasteiger partial charge is 0.468 e. The number of benzene rings is 1. The van der Waals surface area contributed by atoms with Gasteiger partial charge in [-0.2, -0.15) is 0 Å². The minimum Gasteiger partial charge on any atom is -0.468 e. The zero-order chi connectivity index (χ0) is 15.4. The van der Waals surface area contributed by atoms with Crippen molar-refractivity contribution < 1.29 is 4.42 Å². The fraction of sp³-hybridized carbons (Fsp3) is 0.444. The Morgan fingerprint density at radius 1 is 1.05 bits per heavy atom. The average Bonchev–Trinajstić information content (AvgIpc) is 3.03. The molecule has 0 amide bonds. The van der Waals surface area contributed by atoms with Crippen LogP contribution in [0.4, 0.5) is 0 Å². The van der Waals surface area contributed by atoms with E-state index < -0.39 is 0 Å². The predicted octanol–water partition coefficient (Wildman–Crippen LogP) is 4.31. The van der Waals surface area contributed by atoms with E-state index in [2.05, 4.69) is 51.2 Å². The van der Waals surface area contributed by atoms with Gasteiger partial charge >= 0.3 is 0 Å². The molecule has 2 aromatic rings. The smallest absolute Gasteiger partial charge is 0.117 e. The Bertz CT molecular complexity index is 559. The minimum atomic E-state index is 0.384. The van der Waals surface area contributed by atoms with Crippen molar-refractivity contribution in [2.45, 2.75) is 50.9 Å². The van der Waals surface area contributed by atoms with Crippen LogP contribution in [0.1, 0.15) is 37.0 Å². The maximum atomic E-state index is 6.06. The van der Waals surface area contributed by atoms with Crippen LogP contribution in [0.3, 0.4) is 0 Å².